The highest BCUT2D eigenvalue weighted by Gasteiger charge is 2.20. The van der Waals surface area contributed by atoms with Crippen LogP contribution >= 0.6 is 23.1 Å². The largest absolute Gasteiger partial charge is 0.350 e. The fraction of sp³-hybridized carbons (Fsp3) is 0.294. The van der Waals surface area contributed by atoms with Crippen LogP contribution in [0.2, 0.25) is 0 Å². The van der Waals surface area contributed by atoms with E-state index >= 15 is 0 Å². The topological polar surface area (TPSA) is 72.7 Å². The van der Waals surface area contributed by atoms with Crippen molar-refractivity contribution in [2.24, 2.45) is 0 Å². The summed E-state index contributed by atoms with van der Waals surface area (Å²) in [6.07, 6.45) is 0. The lowest BCUT2D eigenvalue weighted by Crippen LogP contribution is -2.30. The normalized spacial score (nSPS) is 12.1. The molecule has 1 aromatic carbocycles. The fourth-order valence-corrected chi connectivity index (χ4v) is 3.94. The van der Waals surface area contributed by atoms with Crippen molar-refractivity contribution >= 4 is 29.0 Å². The van der Waals surface area contributed by atoms with Crippen LogP contribution in [0.3, 0.4) is 0 Å². The summed E-state index contributed by atoms with van der Waals surface area (Å²) < 4.78 is 1.71. The molecule has 0 saturated heterocycles. The molecule has 0 aliphatic rings. The van der Waals surface area contributed by atoms with Crippen LogP contribution < -0.4 is 5.32 Å². The molecule has 0 aliphatic carbocycles. The SMILES string of the molecule is Cc1cccc(C)c1-n1nnnc1S[C@@H](C)C(=O)NCc1cccs1. The third-order valence-corrected chi connectivity index (χ3v) is 5.67. The smallest absolute Gasteiger partial charge is 0.233 e. The molecule has 0 fully saturated rings. The summed E-state index contributed by atoms with van der Waals surface area (Å²) in [5.41, 5.74) is 3.13. The first kappa shape index (κ1) is 17.6. The van der Waals surface area contributed by atoms with Gasteiger partial charge in [-0.3, -0.25) is 4.79 Å². The number of aromatic nitrogens is 4. The average molecular weight is 374 g/mol. The minimum atomic E-state index is -0.297. The summed E-state index contributed by atoms with van der Waals surface area (Å²) in [7, 11) is 0. The number of carbonyl (C=O) groups is 1. The molecule has 3 rings (SSSR count). The minimum Gasteiger partial charge on any atom is -0.350 e. The standard InChI is InChI=1S/C17H19N5OS2/c1-11-6-4-7-12(2)15(11)22-17(19-20-21-22)25-13(3)16(23)18-10-14-8-5-9-24-14/h4-9,13H,10H2,1-3H3,(H,18,23)/t13-/m0/s1. The number of thiophene rings is 1. The zero-order valence-corrected chi connectivity index (χ0v) is 15.9. The monoisotopic (exact) mass is 373 g/mol. The number of nitrogens with zero attached hydrogens (tertiary/aromatic N) is 4. The van der Waals surface area contributed by atoms with Crippen LogP contribution in [0.25, 0.3) is 5.69 Å². The lowest BCUT2D eigenvalue weighted by atomic mass is 10.1. The number of rotatable bonds is 6. The van der Waals surface area contributed by atoms with E-state index in [1.54, 1.807) is 16.0 Å². The zero-order chi connectivity index (χ0) is 17.8. The van der Waals surface area contributed by atoms with Gasteiger partial charge in [0.15, 0.2) is 0 Å². The number of carbonyl (C=O) groups excluding carboxylic acids is 1. The number of thioether (sulfide) groups is 1. The van der Waals surface area contributed by atoms with Crippen LogP contribution in [0.5, 0.6) is 0 Å². The van der Waals surface area contributed by atoms with Crippen LogP contribution in [-0.4, -0.2) is 31.4 Å². The number of benzene rings is 1. The van der Waals surface area contributed by atoms with Crippen molar-refractivity contribution in [3.63, 3.8) is 0 Å². The Hall–Kier alpha value is -2.19. The second-order valence-corrected chi connectivity index (χ2v) is 8.01. The summed E-state index contributed by atoms with van der Waals surface area (Å²) in [5, 5.41) is 17.3. The van der Waals surface area contributed by atoms with E-state index in [-0.39, 0.29) is 11.2 Å². The Morgan fingerprint density at radius 2 is 2.04 bits per heavy atom. The number of aryl methyl sites for hydroxylation is 2. The maximum Gasteiger partial charge on any atom is 0.233 e. The van der Waals surface area contributed by atoms with Gasteiger partial charge in [0, 0.05) is 4.88 Å². The maximum absolute atomic E-state index is 12.3. The molecular formula is C17H19N5OS2. The summed E-state index contributed by atoms with van der Waals surface area (Å²) in [4.78, 5) is 13.5. The molecule has 2 aromatic heterocycles. The quantitative estimate of drug-likeness (QED) is 0.672. The Bertz CT molecular complexity index is 840. The van der Waals surface area contributed by atoms with E-state index in [1.165, 1.54) is 11.8 Å². The van der Waals surface area contributed by atoms with Crippen LogP contribution in [0.15, 0.2) is 40.9 Å². The van der Waals surface area contributed by atoms with E-state index in [1.807, 2.05) is 56.5 Å². The summed E-state index contributed by atoms with van der Waals surface area (Å²) in [5.74, 6) is -0.0329. The van der Waals surface area contributed by atoms with E-state index < -0.39 is 0 Å². The first-order valence-corrected chi connectivity index (χ1v) is 9.64. The number of tetrazole rings is 1. The first-order chi connectivity index (χ1) is 12.1. The van der Waals surface area contributed by atoms with Gasteiger partial charge >= 0.3 is 0 Å². The summed E-state index contributed by atoms with van der Waals surface area (Å²) >= 11 is 2.98. The van der Waals surface area contributed by atoms with E-state index in [0.717, 1.165) is 21.7 Å². The number of hydrogen-bond acceptors (Lipinski definition) is 6. The van der Waals surface area contributed by atoms with Crippen LogP contribution in [-0.2, 0) is 11.3 Å². The molecule has 1 N–H and O–H groups in total. The molecule has 0 unspecified atom stereocenters. The van der Waals surface area contributed by atoms with Crippen LogP contribution in [0, 0.1) is 13.8 Å². The van der Waals surface area contributed by atoms with Gasteiger partial charge < -0.3 is 5.32 Å². The van der Waals surface area contributed by atoms with Gasteiger partial charge in [-0.1, -0.05) is 36.0 Å². The third-order valence-electron chi connectivity index (χ3n) is 3.76. The van der Waals surface area contributed by atoms with Gasteiger partial charge in [0.25, 0.3) is 0 Å². The Morgan fingerprint density at radius 3 is 2.72 bits per heavy atom. The first-order valence-electron chi connectivity index (χ1n) is 7.88. The molecule has 0 spiro atoms. The number of amides is 1. The Morgan fingerprint density at radius 1 is 1.28 bits per heavy atom. The van der Waals surface area contributed by atoms with Crippen molar-refractivity contribution < 1.29 is 4.79 Å². The molecule has 1 atom stereocenters. The predicted octanol–water partition coefficient (Wildman–Crippen LogP) is 3.14. The molecule has 2 heterocycles. The summed E-state index contributed by atoms with van der Waals surface area (Å²) in [6, 6.07) is 10.0. The second-order valence-electron chi connectivity index (χ2n) is 5.67. The molecule has 6 nitrogen and oxygen atoms in total. The Labute approximate surface area is 154 Å². The molecule has 25 heavy (non-hydrogen) atoms. The van der Waals surface area contributed by atoms with E-state index in [2.05, 4.69) is 20.8 Å². The highest BCUT2D eigenvalue weighted by molar-refractivity contribution is 8.00. The molecule has 1 amide bonds. The van der Waals surface area contributed by atoms with Crippen molar-refractivity contribution in [2.45, 2.75) is 37.7 Å². The lowest BCUT2D eigenvalue weighted by molar-refractivity contribution is -0.120. The van der Waals surface area contributed by atoms with Gasteiger partial charge in [0.05, 0.1) is 17.5 Å². The number of hydrogen-bond donors (Lipinski definition) is 1. The van der Waals surface area contributed by atoms with Gasteiger partial charge in [-0.05, 0) is 53.8 Å². The van der Waals surface area contributed by atoms with Gasteiger partial charge in [-0.15, -0.1) is 16.4 Å². The highest BCUT2D eigenvalue weighted by atomic mass is 32.2. The molecule has 3 aromatic rings. The Balaban J connectivity index is 1.71. The minimum absolute atomic E-state index is 0.0329. The molecule has 0 bridgehead atoms. The van der Waals surface area contributed by atoms with Crippen molar-refractivity contribution in [1.82, 2.24) is 25.5 Å². The fourth-order valence-electron chi connectivity index (χ4n) is 2.48. The Kier molecular flexibility index (Phi) is 5.50. The molecular weight excluding hydrogens is 354 g/mol. The highest BCUT2D eigenvalue weighted by Crippen LogP contribution is 2.26. The third kappa shape index (κ3) is 4.08. The van der Waals surface area contributed by atoms with Crippen LogP contribution in [0.4, 0.5) is 0 Å². The van der Waals surface area contributed by atoms with Gasteiger partial charge in [0.1, 0.15) is 0 Å². The van der Waals surface area contributed by atoms with Gasteiger partial charge in [-0.25, -0.2) is 0 Å². The predicted molar refractivity (Wildman–Crippen MR) is 100 cm³/mol. The molecule has 0 aliphatic heterocycles. The summed E-state index contributed by atoms with van der Waals surface area (Å²) in [6.45, 7) is 6.45. The number of para-hydroxylation sites is 1. The van der Waals surface area contributed by atoms with E-state index in [4.69, 9.17) is 0 Å². The zero-order valence-electron chi connectivity index (χ0n) is 14.3. The molecule has 8 heteroatoms. The molecule has 130 valence electrons. The number of nitrogens with one attached hydrogen (secondary N) is 1. The van der Waals surface area contributed by atoms with Gasteiger partial charge in [0.2, 0.25) is 11.1 Å². The van der Waals surface area contributed by atoms with Crippen molar-refractivity contribution in [2.75, 3.05) is 0 Å². The van der Waals surface area contributed by atoms with E-state index in [0.29, 0.717) is 11.7 Å². The van der Waals surface area contributed by atoms with Crippen molar-refractivity contribution in [1.29, 1.82) is 0 Å². The second kappa shape index (κ2) is 7.79. The van der Waals surface area contributed by atoms with Gasteiger partial charge in [-0.2, -0.15) is 4.68 Å². The van der Waals surface area contributed by atoms with Crippen molar-refractivity contribution in [3.05, 3.63) is 51.7 Å². The van der Waals surface area contributed by atoms with E-state index in [9.17, 15) is 4.79 Å². The van der Waals surface area contributed by atoms with Crippen molar-refractivity contribution in [3.8, 4) is 5.69 Å². The lowest BCUT2D eigenvalue weighted by Gasteiger charge is -2.13. The average Bonchev–Trinajstić information content (AvgIpc) is 3.25. The molecule has 0 saturated carbocycles. The van der Waals surface area contributed by atoms with Crippen LogP contribution in [0.1, 0.15) is 22.9 Å². The maximum atomic E-state index is 12.3. The molecule has 0 radical (unpaired) electrons.